The quantitative estimate of drug-likeness (QED) is 0.749. The maximum absolute atomic E-state index is 9.86. The number of rotatable bonds is 1. The molecular weight excluding hydrogens is 226 g/mol. The molecule has 16 heavy (non-hydrogen) atoms. The third-order valence-electron chi connectivity index (χ3n) is 3.17. The molecular formula is C12H12ClNO2. The molecule has 2 aromatic rings. The summed E-state index contributed by atoms with van der Waals surface area (Å²) in [6.45, 7) is 2.62. The van der Waals surface area contributed by atoms with E-state index in [1.54, 1.807) is 6.07 Å². The van der Waals surface area contributed by atoms with Gasteiger partial charge in [-0.2, -0.15) is 0 Å². The summed E-state index contributed by atoms with van der Waals surface area (Å²) in [5.41, 5.74) is 3.01. The second-order valence-electron chi connectivity index (χ2n) is 4.19. The Kier molecular flexibility index (Phi) is 2.04. The SMILES string of the molecule is Cc1c[nH]c2c(O)cc3c(c12)C(CCl)CO3. The van der Waals surface area contributed by atoms with Crippen LogP contribution in [0.15, 0.2) is 12.3 Å². The van der Waals surface area contributed by atoms with Gasteiger partial charge in [0.1, 0.15) is 11.5 Å². The largest absolute Gasteiger partial charge is 0.506 e. The number of ether oxygens (including phenoxy) is 1. The first-order chi connectivity index (χ1) is 7.72. The first kappa shape index (κ1) is 9.85. The molecule has 1 aromatic heterocycles. The molecule has 1 aliphatic rings. The average Bonchev–Trinajstić information content (AvgIpc) is 2.82. The van der Waals surface area contributed by atoms with Crippen molar-refractivity contribution in [1.82, 2.24) is 4.98 Å². The second kappa shape index (κ2) is 3.32. The minimum absolute atomic E-state index is 0.217. The first-order valence-electron chi connectivity index (χ1n) is 5.24. The number of hydrogen-bond donors (Lipinski definition) is 2. The van der Waals surface area contributed by atoms with Gasteiger partial charge in [0.25, 0.3) is 0 Å². The highest BCUT2D eigenvalue weighted by molar-refractivity contribution is 6.18. The fourth-order valence-electron chi connectivity index (χ4n) is 2.39. The number of aromatic hydroxyl groups is 1. The zero-order valence-electron chi connectivity index (χ0n) is 8.88. The lowest BCUT2D eigenvalue weighted by Gasteiger charge is -2.07. The van der Waals surface area contributed by atoms with Crippen molar-refractivity contribution >= 4 is 22.5 Å². The molecule has 1 atom stereocenters. The number of H-pyrrole nitrogens is 1. The molecule has 0 saturated heterocycles. The van der Waals surface area contributed by atoms with Gasteiger partial charge >= 0.3 is 0 Å². The number of alkyl halides is 1. The van der Waals surface area contributed by atoms with Crippen LogP contribution in [0.5, 0.6) is 11.5 Å². The Bertz CT molecular complexity index is 562. The normalized spacial score (nSPS) is 18.8. The third kappa shape index (κ3) is 1.15. The Hall–Kier alpha value is -1.35. The number of nitrogens with one attached hydrogen (secondary N) is 1. The predicted molar refractivity (Wildman–Crippen MR) is 63.7 cm³/mol. The van der Waals surface area contributed by atoms with Crippen LogP contribution in [-0.4, -0.2) is 22.6 Å². The fourth-order valence-corrected chi connectivity index (χ4v) is 2.63. The minimum Gasteiger partial charge on any atom is -0.506 e. The number of phenols is 1. The number of aromatic amines is 1. The molecule has 0 saturated carbocycles. The smallest absolute Gasteiger partial charge is 0.143 e. The Morgan fingerprint density at radius 3 is 3.19 bits per heavy atom. The Labute approximate surface area is 98.0 Å². The van der Waals surface area contributed by atoms with E-state index in [1.807, 2.05) is 13.1 Å². The molecule has 0 fully saturated rings. The summed E-state index contributed by atoms with van der Waals surface area (Å²) in [5.74, 6) is 1.75. The van der Waals surface area contributed by atoms with Crippen LogP contribution in [0.4, 0.5) is 0 Å². The molecule has 0 spiro atoms. The van der Waals surface area contributed by atoms with Crippen LogP contribution < -0.4 is 4.74 Å². The summed E-state index contributed by atoms with van der Waals surface area (Å²) in [6.07, 6.45) is 1.90. The molecule has 2 N–H and O–H groups in total. The summed E-state index contributed by atoms with van der Waals surface area (Å²) in [4.78, 5) is 3.08. The second-order valence-corrected chi connectivity index (χ2v) is 4.50. The van der Waals surface area contributed by atoms with Crippen LogP contribution in [-0.2, 0) is 0 Å². The molecule has 3 rings (SSSR count). The number of benzene rings is 1. The van der Waals surface area contributed by atoms with E-state index in [1.165, 1.54) is 0 Å². The Balaban J connectivity index is 2.40. The molecule has 1 aliphatic heterocycles. The van der Waals surface area contributed by atoms with Crippen LogP contribution in [0.3, 0.4) is 0 Å². The zero-order valence-corrected chi connectivity index (χ0v) is 9.64. The topological polar surface area (TPSA) is 45.2 Å². The third-order valence-corrected chi connectivity index (χ3v) is 3.54. The van der Waals surface area contributed by atoms with Gasteiger partial charge in [-0.25, -0.2) is 0 Å². The monoisotopic (exact) mass is 237 g/mol. The molecule has 0 bridgehead atoms. The van der Waals surface area contributed by atoms with Gasteiger partial charge in [-0.05, 0) is 12.5 Å². The van der Waals surface area contributed by atoms with E-state index in [9.17, 15) is 5.11 Å². The summed E-state index contributed by atoms with van der Waals surface area (Å²) in [5, 5.41) is 10.9. The van der Waals surface area contributed by atoms with Crippen molar-refractivity contribution in [3.63, 3.8) is 0 Å². The summed E-state index contributed by atoms with van der Waals surface area (Å²) in [7, 11) is 0. The highest BCUT2D eigenvalue weighted by Crippen LogP contribution is 2.44. The van der Waals surface area contributed by atoms with Crippen molar-refractivity contribution in [3.8, 4) is 11.5 Å². The lowest BCUT2D eigenvalue weighted by atomic mass is 9.97. The van der Waals surface area contributed by atoms with Gasteiger partial charge in [0.05, 0.1) is 12.1 Å². The summed E-state index contributed by atoms with van der Waals surface area (Å²) in [6, 6.07) is 1.67. The van der Waals surface area contributed by atoms with Crippen molar-refractivity contribution in [2.24, 2.45) is 0 Å². The van der Waals surface area contributed by atoms with Gasteiger partial charge in [0.2, 0.25) is 0 Å². The van der Waals surface area contributed by atoms with Crippen LogP contribution in [0.2, 0.25) is 0 Å². The lowest BCUT2D eigenvalue weighted by molar-refractivity contribution is 0.337. The Morgan fingerprint density at radius 2 is 2.44 bits per heavy atom. The molecule has 1 unspecified atom stereocenters. The number of fused-ring (bicyclic) bond motifs is 3. The van der Waals surface area contributed by atoms with Gasteiger partial charge in [-0.15, -0.1) is 11.6 Å². The molecule has 2 heterocycles. The Morgan fingerprint density at radius 1 is 1.62 bits per heavy atom. The average molecular weight is 238 g/mol. The molecule has 84 valence electrons. The van der Waals surface area contributed by atoms with E-state index in [2.05, 4.69) is 4.98 Å². The van der Waals surface area contributed by atoms with Gasteiger partial charge in [0, 0.05) is 35.0 Å². The molecule has 1 aromatic carbocycles. The molecule has 0 aliphatic carbocycles. The molecule has 4 heteroatoms. The first-order valence-corrected chi connectivity index (χ1v) is 5.78. The van der Waals surface area contributed by atoms with Crippen molar-refractivity contribution in [2.45, 2.75) is 12.8 Å². The van der Waals surface area contributed by atoms with E-state index in [4.69, 9.17) is 16.3 Å². The van der Waals surface area contributed by atoms with Crippen LogP contribution in [0.1, 0.15) is 17.0 Å². The number of phenolic OH excluding ortho intramolecular Hbond substituents is 1. The van der Waals surface area contributed by atoms with Gasteiger partial charge < -0.3 is 14.8 Å². The van der Waals surface area contributed by atoms with E-state index in [0.29, 0.717) is 12.5 Å². The van der Waals surface area contributed by atoms with Crippen LogP contribution in [0, 0.1) is 6.92 Å². The predicted octanol–water partition coefficient (Wildman–Crippen LogP) is 2.90. The number of hydrogen-bond acceptors (Lipinski definition) is 2. The minimum atomic E-state index is 0.217. The van der Waals surface area contributed by atoms with Gasteiger partial charge in [-0.3, -0.25) is 0 Å². The molecule has 0 amide bonds. The maximum atomic E-state index is 9.86. The highest BCUT2D eigenvalue weighted by Gasteiger charge is 2.28. The summed E-state index contributed by atoms with van der Waals surface area (Å²) >= 11 is 5.94. The standard InChI is InChI=1S/C12H12ClNO2/c1-6-4-14-12-8(15)2-9-11(10(6)12)7(3-13)5-16-9/h2,4,7,14-15H,3,5H2,1H3. The fraction of sp³-hybridized carbons (Fsp3) is 0.333. The van der Waals surface area contributed by atoms with E-state index >= 15 is 0 Å². The van der Waals surface area contributed by atoms with Crippen molar-refractivity contribution in [2.75, 3.05) is 12.5 Å². The maximum Gasteiger partial charge on any atom is 0.143 e. The number of aromatic nitrogens is 1. The number of aryl methyl sites for hydroxylation is 1. The van der Waals surface area contributed by atoms with Gasteiger partial charge in [-0.1, -0.05) is 0 Å². The highest BCUT2D eigenvalue weighted by atomic mass is 35.5. The van der Waals surface area contributed by atoms with Crippen molar-refractivity contribution in [1.29, 1.82) is 0 Å². The van der Waals surface area contributed by atoms with E-state index in [-0.39, 0.29) is 11.7 Å². The van der Waals surface area contributed by atoms with E-state index in [0.717, 1.165) is 27.8 Å². The van der Waals surface area contributed by atoms with E-state index < -0.39 is 0 Å². The zero-order chi connectivity index (χ0) is 11.3. The van der Waals surface area contributed by atoms with Crippen molar-refractivity contribution in [3.05, 3.63) is 23.4 Å². The van der Waals surface area contributed by atoms with Crippen LogP contribution in [0.25, 0.3) is 10.9 Å². The molecule has 0 radical (unpaired) electrons. The number of halogens is 1. The summed E-state index contributed by atoms with van der Waals surface area (Å²) < 4.78 is 5.56. The van der Waals surface area contributed by atoms with Crippen molar-refractivity contribution < 1.29 is 9.84 Å². The van der Waals surface area contributed by atoms with Crippen LogP contribution >= 0.6 is 11.6 Å². The van der Waals surface area contributed by atoms with Gasteiger partial charge in [0.15, 0.2) is 0 Å². The lowest BCUT2D eigenvalue weighted by Crippen LogP contribution is -2.01. The molecule has 3 nitrogen and oxygen atoms in total.